The van der Waals surface area contributed by atoms with Crippen molar-refractivity contribution in [1.29, 1.82) is 0 Å². The first-order valence-electron chi connectivity index (χ1n) is 4.80. The molecule has 2 N–H and O–H groups in total. The SMILES string of the molecule is CCC(CC)C(N)COCC(F)(F)F. The Kier molecular flexibility index (Phi) is 6.11. The van der Waals surface area contributed by atoms with Gasteiger partial charge >= 0.3 is 6.18 Å². The van der Waals surface area contributed by atoms with Crippen LogP contribution in [-0.4, -0.2) is 25.4 Å². The number of halogens is 3. The Morgan fingerprint density at radius 1 is 1.21 bits per heavy atom. The molecule has 0 aliphatic carbocycles. The molecule has 0 fully saturated rings. The summed E-state index contributed by atoms with van der Waals surface area (Å²) >= 11 is 0. The van der Waals surface area contributed by atoms with Crippen molar-refractivity contribution >= 4 is 0 Å². The largest absolute Gasteiger partial charge is 0.411 e. The lowest BCUT2D eigenvalue weighted by Gasteiger charge is -2.21. The molecule has 5 heteroatoms. The van der Waals surface area contributed by atoms with E-state index in [1.54, 1.807) is 0 Å². The summed E-state index contributed by atoms with van der Waals surface area (Å²) in [7, 11) is 0. The van der Waals surface area contributed by atoms with Crippen LogP contribution in [0, 0.1) is 5.92 Å². The van der Waals surface area contributed by atoms with Gasteiger partial charge < -0.3 is 10.5 Å². The molecule has 0 radical (unpaired) electrons. The van der Waals surface area contributed by atoms with Gasteiger partial charge in [0.2, 0.25) is 0 Å². The molecule has 0 aliphatic rings. The highest BCUT2D eigenvalue weighted by Gasteiger charge is 2.28. The first-order valence-corrected chi connectivity index (χ1v) is 4.80. The molecule has 14 heavy (non-hydrogen) atoms. The number of hydrogen-bond donors (Lipinski definition) is 1. The van der Waals surface area contributed by atoms with Gasteiger partial charge in [-0.3, -0.25) is 0 Å². The van der Waals surface area contributed by atoms with E-state index in [9.17, 15) is 13.2 Å². The van der Waals surface area contributed by atoms with Crippen LogP contribution in [0.2, 0.25) is 0 Å². The van der Waals surface area contributed by atoms with E-state index in [1.165, 1.54) is 0 Å². The number of nitrogens with two attached hydrogens (primary N) is 1. The first-order chi connectivity index (χ1) is 6.40. The van der Waals surface area contributed by atoms with E-state index in [-0.39, 0.29) is 18.6 Å². The van der Waals surface area contributed by atoms with Crippen molar-refractivity contribution in [3.63, 3.8) is 0 Å². The van der Waals surface area contributed by atoms with Crippen LogP contribution in [0.1, 0.15) is 26.7 Å². The molecule has 86 valence electrons. The molecule has 0 aromatic carbocycles. The summed E-state index contributed by atoms with van der Waals surface area (Å²) in [5, 5.41) is 0. The van der Waals surface area contributed by atoms with Crippen molar-refractivity contribution < 1.29 is 17.9 Å². The average Bonchev–Trinajstić information content (AvgIpc) is 2.04. The number of ether oxygens (including phenoxy) is 1. The van der Waals surface area contributed by atoms with Crippen molar-refractivity contribution in [3.8, 4) is 0 Å². The minimum Gasteiger partial charge on any atom is -0.370 e. The van der Waals surface area contributed by atoms with Crippen LogP contribution in [0.25, 0.3) is 0 Å². The summed E-state index contributed by atoms with van der Waals surface area (Å²) < 4.78 is 39.6. The summed E-state index contributed by atoms with van der Waals surface area (Å²) in [6.07, 6.45) is -2.52. The molecule has 0 aromatic heterocycles. The zero-order valence-corrected chi connectivity index (χ0v) is 8.60. The Morgan fingerprint density at radius 2 is 1.71 bits per heavy atom. The van der Waals surface area contributed by atoms with Gasteiger partial charge in [0.25, 0.3) is 0 Å². The molecule has 1 atom stereocenters. The summed E-state index contributed by atoms with van der Waals surface area (Å²) in [5.74, 6) is 0.239. The van der Waals surface area contributed by atoms with Crippen LogP contribution in [0.5, 0.6) is 0 Å². The van der Waals surface area contributed by atoms with Gasteiger partial charge in [0.05, 0.1) is 6.61 Å². The van der Waals surface area contributed by atoms with E-state index in [4.69, 9.17) is 5.73 Å². The lowest BCUT2D eigenvalue weighted by molar-refractivity contribution is -0.175. The quantitative estimate of drug-likeness (QED) is 0.735. The molecule has 0 saturated heterocycles. The summed E-state index contributed by atoms with van der Waals surface area (Å²) in [5.41, 5.74) is 5.68. The van der Waals surface area contributed by atoms with Crippen molar-refractivity contribution in [1.82, 2.24) is 0 Å². The minimum atomic E-state index is -4.26. The van der Waals surface area contributed by atoms with Crippen LogP contribution in [-0.2, 0) is 4.74 Å². The summed E-state index contributed by atoms with van der Waals surface area (Å²) in [6, 6.07) is -0.299. The van der Waals surface area contributed by atoms with E-state index in [2.05, 4.69) is 4.74 Å². The Labute approximate surface area is 82.6 Å². The summed E-state index contributed by atoms with van der Waals surface area (Å²) in [4.78, 5) is 0. The fourth-order valence-electron chi connectivity index (χ4n) is 1.34. The van der Waals surface area contributed by atoms with Gasteiger partial charge in [-0.1, -0.05) is 26.7 Å². The second-order valence-corrected chi connectivity index (χ2v) is 3.37. The molecular weight excluding hydrogens is 195 g/mol. The lowest BCUT2D eigenvalue weighted by atomic mass is 9.96. The van der Waals surface area contributed by atoms with E-state index >= 15 is 0 Å². The van der Waals surface area contributed by atoms with Gasteiger partial charge in [0.15, 0.2) is 0 Å². The highest BCUT2D eigenvalue weighted by molar-refractivity contribution is 4.70. The molecule has 0 amide bonds. The molecular formula is C9H18F3NO. The third kappa shape index (κ3) is 6.21. The minimum absolute atomic E-state index is 0.0220. The van der Waals surface area contributed by atoms with Gasteiger partial charge in [-0.2, -0.15) is 13.2 Å². The van der Waals surface area contributed by atoms with Gasteiger partial charge in [0, 0.05) is 6.04 Å². The Morgan fingerprint density at radius 3 is 2.07 bits per heavy atom. The Hall–Kier alpha value is -0.290. The number of rotatable bonds is 6. The Balaban J connectivity index is 3.67. The van der Waals surface area contributed by atoms with E-state index in [0.717, 1.165) is 12.8 Å². The van der Waals surface area contributed by atoms with Gasteiger partial charge in [0.1, 0.15) is 6.61 Å². The third-order valence-electron chi connectivity index (χ3n) is 2.23. The molecule has 0 spiro atoms. The molecule has 0 aromatic rings. The van der Waals surface area contributed by atoms with Crippen LogP contribution in [0.4, 0.5) is 13.2 Å². The van der Waals surface area contributed by atoms with Crippen molar-refractivity contribution in [2.45, 2.75) is 38.9 Å². The standard InChI is InChI=1S/C9H18F3NO/c1-3-7(4-2)8(13)5-14-6-9(10,11)12/h7-8H,3-6,13H2,1-2H3. The summed E-state index contributed by atoms with van der Waals surface area (Å²) in [6.45, 7) is 2.71. The van der Waals surface area contributed by atoms with Crippen LogP contribution in [0.3, 0.4) is 0 Å². The van der Waals surface area contributed by atoms with Crippen LogP contribution < -0.4 is 5.73 Å². The maximum absolute atomic E-state index is 11.7. The topological polar surface area (TPSA) is 35.2 Å². The molecule has 2 nitrogen and oxygen atoms in total. The number of alkyl halides is 3. The zero-order valence-electron chi connectivity index (χ0n) is 8.60. The van der Waals surface area contributed by atoms with Gasteiger partial charge in [-0.25, -0.2) is 0 Å². The smallest absolute Gasteiger partial charge is 0.370 e. The molecule has 0 bridgehead atoms. The van der Waals surface area contributed by atoms with Gasteiger partial charge in [-0.05, 0) is 5.92 Å². The highest BCUT2D eigenvalue weighted by atomic mass is 19.4. The van der Waals surface area contributed by atoms with E-state index in [0.29, 0.717) is 0 Å². The predicted octanol–water partition coefficient (Wildman–Crippen LogP) is 2.33. The first kappa shape index (κ1) is 13.7. The molecule has 0 rings (SSSR count). The number of hydrogen-bond acceptors (Lipinski definition) is 2. The van der Waals surface area contributed by atoms with Crippen molar-refractivity contribution in [3.05, 3.63) is 0 Å². The van der Waals surface area contributed by atoms with Crippen LogP contribution in [0.15, 0.2) is 0 Å². The fourth-order valence-corrected chi connectivity index (χ4v) is 1.34. The monoisotopic (exact) mass is 213 g/mol. The normalized spacial score (nSPS) is 14.8. The highest BCUT2D eigenvalue weighted by Crippen LogP contribution is 2.16. The van der Waals surface area contributed by atoms with E-state index in [1.807, 2.05) is 13.8 Å². The molecule has 1 unspecified atom stereocenters. The Bertz CT molecular complexity index is 145. The average molecular weight is 213 g/mol. The van der Waals surface area contributed by atoms with Gasteiger partial charge in [-0.15, -0.1) is 0 Å². The molecule has 0 saturated carbocycles. The molecule has 0 aliphatic heterocycles. The fraction of sp³-hybridized carbons (Fsp3) is 1.00. The van der Waals surface area contributed by atoms with Crippen molar-refractivity contribution in [2.24, 2.45) is 11.7 Å². The lowest BCUT2D eigenvalue weighted by Crippen LogP contribution is -2.35. The second kappa shape index (κ2) is 6.24. The predicted molar refractivity (Wildman–Crippen MR) is 48.9 cm³/mol. The molecule has 0 heterocycles. The zero-order chi connectivity index (χ0) is 11.2. The van der Waals surface area contributed by atoms with Crippen LogP contribution >= 0.6 is 0 Å². The van der Waals surface area contributed by atoms with E-state index < -0.39 is 12.8 Å². The second-order valence-electron chi connectivity index (χ2n) is 3.37. The maximum Gasteiger partial charge on any atom is 0.411 e. The third-order valence-corrected chi connectivity index (χ3v) is 2.23. The maximum atomic E-state index is 11.7. The van der Waals surface area contributed by atoms with Crippen molar-refractivity contribution in [2.75, 3.05) is 13.2 Å².